The molecule has 3 heteroatoms. The second-order valence-corrected chi connectivity index (χ2v) is 5.07. The van der Waals surface area contributed by atoms with Crippen LogP contribution in [0.4, 0.5) is 0 Å². The van der Waals surface area contributed by atoms with Crippen molar-refractivity contribution in [3.63, 3.8) is 0 Å². The van der Waals surface area contributed by atoms with Crippen molar-refractivity contribution in [3.05, 3.63) is 30.1 Å². The maximum Gasteiger partial charge on any atom is 0.0271 e. The highest BCUT2D eigenvalue weighted by atomic mass is 15.2. The Hall–Kier alpha value is -0.930. The second kappa shape index (κ2) is 6.72. The summed E-state index contributed by atoms with van der Waals surface area (Å²) >= 11 is 0. The lowest BCUT2D eigenvalue weighted by atomic mass is 10.0. The van der Waals surface area contributed by atoms with Crippen LogP contribution in [0.2, 0.25) is 0 Å². The van der Waals surface area contributed by atoms with Crippen molar-refractivity contribution in [2.75, 3.05) is 19.6 Å². The first kappa shape index (κ1) is 14.1. The summed E-state index contributed by atoms with van der Waals surface area (Å²) in [5.41, 5.74) is 1.49. The lowest BCUT2D eigenvalue weighted by Crippen LogP contribution is -2.48. The molecule has 1 N–H and O–H groups in total. The van der Waals surface area contributed by atoms with Crippen LogP contribution in [0.3, 0.4) is 0 Å². The molecule has 1 aromatic heterocycles. The molecule has 0 fully saturated rings. The Kier molecular flexibility index (Phi) is 5.59. The third kappa shape index (κ3) is 5.29. The molecule has 0 saturated carbocycles. The van der Waals surface area contributed by atoms with Crippen molar-refractivity contribution >= 4 is 0 Å². The number of hydrogen-bond acceptors (Lipinski definition) is 3. The first-order chi connectivity index (χ1) is 8.07. The van der Waals surface area contributed by atoms with Crippen molar-refractivity contribution in [3.8, 4) is 0 Å². The highest BCUT2D eigenvalue weighted by Crippen LogP contribution is 2.09. The summed E-state index contributed by atoms with van der Waals surface area (Å²) in [4.78, 5) is 6.51. The molecule has 0 atom stereocenters. The van der Waals surface area contributed by atoms with Gasteiger partial charge in [0.05, 0.1) is 0 Å². The molecule has 3 nitrogen and oxygen atoms in total. The van der Waals surface area contributed by atoms with E-state index in [0.29, 0.717) is 0 Å². The maximum absolute atomic E-state index is 4.05. The van der Waals surface area contributed by atoms with Crippen molar-refractivity contribution in [2.24, 2.45) is 0 Å². The molecule has 0 unspecified atom stereocenters. The van der Waals surface area contributed by atoms with Crippen LogP contribution in [-0.4, -0.2) is 35.1 Å². The summed E-state index contributed by atoms with van der Waals surface area (Å²) in [5.74, 6) is 0. The van der Waals surface area contributed by atoms with Gasteiger partial charge in [-0.3, -0.25) is 9.88 Å². The van der Waals surface area contributed by atoms with E-state index >= 15 is 0 Å². The smallest absolute Gasteiger partial charge is 0.0271 e. The van der Waals surface area contributed by atoms with Crippen LogP contribution in [0.5, 0.6) is 0 Å². The molecule has 0 aromatic carbocycles. The van der Waals surface area contributed by atoms with Gasteiger partial charge in [-0.1, -0.05) is 13.8 Å². The first-order valence-electron chi connectivity index (χ1n) is 6.43. The minimum absolute atomic E-state index is 0.164. The number of pyridine rings is 1. The van der Waals surface area contributed by atoms with E-state index in [2.05, 4.69) is 55.0 Å². The quantitative estimate of drug-likeness (QED) is 0.786. The summed E-state index contributed by atoms with van der Waals surface area (Å²) in [6.45, 7) is 13.0. The lowest BCUT2D eigenvalue weighted by molar-refractivity contribution is 0.203. The normalized spacial score (nSPS) is 12.1. The molecule has 1 aromatic rings. The fourth-order valence-electron chi connectivity index (χ4n) is 2.12. The molecular weight excluding hydrogens is 210 g/mol. The van der Waals surface area contributed by atoms with E-state index in [0.717, 1.165) is 26.2 Å². The second-order valence-electron chi connectivity index (χ2n) is 5.07. The monoisotopic (exact) mass is 235 g/mol. The Balaban J connectivity index is 2.55. The van der Waals surface area contributed by atoms with Gasteiger partial charge in [-0.2, -0.15) is 0 Å². The Morgan fingerprint density at radius 1 is 1.24 bits per heavy atom. The molecule has 0 aliphatic heterocycles. The molecule has 0 radical (unpaired) electrons. The van der Waals surface area contributed by atoms with Crippen molar-refractivity contribution in [1.29, 1.82) is 0 Å². The van der Waals surface area contributed by atoms with Gasteiger partial charge in [0.2, 0.25) is 0 Å². The summed E-state index contributed by atoms with van der Waals surface area (Å²) in [6, 6.07) is 4.17. The zero-order chi connectivity index (χ0) is 12.7. The maximum atomic E-state index is 4.05. The number of aromatic nitrogens is 1. The van der Waals surface area contributed by atoms with Gasteiger partial charge in [0, 0.05) is 31.0 Å². The average molecular weight is 235 g/mol. The van der Waals surface area contributed by atoms with Crippen molar-refractivity contribution in [2.45, 2.75) is 39.8 Å². The number of nitrogens with one attached hydrogen (secondary N) is 1. The standard InChI is InChI=1S/C14H25N3/c1-5-16-14(3,4)12-17(6-2)11-13-7-9-15-10-8-13/h7-10,16H,5-6,11-12H2,1-4H3. The number of nitrogens with zero attached hydrogens (tertiary/aromatic N) is 2. The van der Waals surface area contributed by atoms with Gasteiger partial charge < -0.3 is 5.32 Å². The van der Waals surface area contributed by atoms with Crippen LogP contribution < -0.4 is 5.32 Å². The first-order valence-corrected chi connectivity index (χ1v) is 6.43. The zero-order valence-electron chi connectivity index (χ0n) is 11.5. The SMILES string of the molecule is CCNC(C)(C)CN(CC)Cc1ccncc1. The average Bonchev–Trinajstić information content (AvgIpc) is 2.29. The fraction of sp³-hybridized carbons (Fsp3) is 0.643. The fourth-order valence-corrected chi connectivity index (χ4v) is 2.12. The van der Waals surface area contributed by atoms with Crippen LogP contribution in [0, 0.1) is 0 Å². The van der Waals surface area contributed by atoms with E-state index in [9.17, 15) is 0 Å². The Morgan fingerprint density at radius 3 is 2.41 bits per heavy atom. The van der Waals surface area contributed by atoms with E-state index in [1.165, 1.54) is 5.56 Å². The predicted molar refractivity (Wildman–Crippen MR) is 72.9 cm³/mol. The molecule has 17 heavy (non-hydrogen) atoms. The number of hydrogen-bond donors (Lipinski definition) is 1. The van der Waals surface area contributed by atoms with E-state index in [1.54, 1.807) is 0 Å². The van der Waals surface area contributed by atoms with Crippen LogP contribution >= 0.6 is 0 Å². The van der Waals surface area contributed by atoms with Crippen molar-refractivity contribution < 1.29 is 0 Å². The van der Waals surface area contributed by atoms with E-state index in [-0.39, 0.29) is 5.54 Å². The van der Waals surface area contributed by atoms with Gasteiger partial charge in [-0.25, -0.2) is 0 Å². The van der Waals surface area contributed by atoms with Gasteiger partial charge in [0.25, 0.3) is 0 Å². The Bertz CT molecular complexity index is 309. The van der Waals surface area contributed by atoms with Crippen LogP contribution in [0.25, 0.3) is 0 Å². The zero-order valence-corrected chi connectivity index (χ0v) is 11.5. The van der Waals surface area contributed by atoms with Crippen molar-refractivity contribution in [1.82, 2.24) is 15.2 Å². The molecule has 0 aliphatic carbocycles. The van der Waals surface area contributed by atoms with Gasteiger partial charge in [0.15, 0.2) is 0 Å². The van der Waals surface area contributed by atoms with Gasteiger partial charge in [0.1, 0.15) is 0 Å². The number of rotatable bonds is 7. The van der Waals surface area contributed by atoms with Crippen LogP contribution in [0.15, 0.2) is 24.5 Å². The molecule has 96 valence electrons. The lowest BCUT2D eigenvalue weighted by Gasteiger charge is -2.32. The molecule has 0 aliphatic rings. The van der Waals surface area contributed by atoms with Gasteiger partial charge in [-0.15, -0.1) is 0 Å². The molecule has 1 heterocycles. The van der Waals surface area contributed by atoms with E-state index in [1.807, 2.05) is 12.4 Å². The predicted octanol–water partition coefficient (Wildman–Crippen LogP) is 2.29. The molecule has 0 saturated heterocycles. The minimum atomic E-state index is 0.164. The highest BCUT2D eigenvalue weighted by molar-refractivity contribution is 5.09. The Morgan fingerprint density at radius 2 is 1.88 bits per heavy atom. The summed E-state index contributed by atoms with van der Waals surface area (Å²) in [5, 5.41) is 3.52. The molecular formula is C14H25N3. The topological polar surface area (TPSA) is 28.2 Å². The molecule has 0 bridgehead atoms. The summed E-state index contributed by atoms with van der Waals surface area (Å²) in [6.07, 6.45) is 3.72. The number of likely N-dealkylation sites (N-methyl/N-ethyl adjacent to an activating group) is 2. The van der Waals surface area contributed by atoms with Crippen LogP contribution in [-0.2, 0) is 6.54 Å². The van der Waals surface area contributed by atoms with E-state index < -0.39 is 0 Å². The van der Waals surface area contributed by atoms with Gasteiger partial charge in [-0.05, 0) is 44.6 Å². The summed E-state index contributed by atoms with van der Waals surface area (Å²) in [7, 11) is 0. The third-order valence-corrected chi connectivity index (χ3v) is 2.88. The largest absolute Gasteiger partial charge is 0.311 e. The molecule has 1 rings (SSSR count). The minimum Gasteiger partial charge on any atom is -0.311 e. The van der Waals surface area contributed by atoms with E-state index in [4.69, 9.17) is 0 Å². The third-order valence-electron chi connectivity index (χ3n) is 2.88. The van der Waals surface area contributed by atoms with Gasteiger partial charge >= 0.3 is 0 Å². The summed E-state index contributed by atoms with van der Waals surface area (Å²) < 4.78 is 0. The molecule has 0 spiro atoms. The highest BCUT2D eigenvalue weighted by Gasteiger charge is 2.19. The van der Waals surface area contributed by atoms with Crippen LogP contribution in [0.1, 0.15) is 33.3 Å². The Labute approximate surface area is 105 Å². The molecule has 0 amide bonds.